The molecule has 0 fully saturated rings. The molecule has 0 spiro atoms. The second kappa shape index (κ2) is 13.5. The Morgan fingerprint density at radius 1 is 0.763 bits per heavy atom. The fraction of sp³-hybridized carbons (Fsp3) is 0.188. The van der Waals surface area contributed by atoms with Gasteiger partial charge in [0.05, 0.1) is 13.5 Å². The third-order valence-electron chi connectivity index (χ3n) is 6.36. The summed E-state index contributed by atoms with van der Waals surface area (Å²) in [5.41, 5.74) is 3.72. The molecule has 5 nitrogen and oxygen atoms in total. The first-order valence-corrected chi connectivity index (χ1v) is 12.9. The third-order valence-corrected chi connectivity index (χ3v) is 6.61. The molecule has 0 aliphatic rings. The van der Waals surface area contributed by atoms with Crippen LogP contribution in [0.4, 0.5) is 0 Å². The molecule has 1 atom stereocenters. The van der Waals surface area contributed by atoms with Crippen LogP contribution in [0.25, 0.3) is 0 Å². The Labute approximate surface area is 229 Å². The molecule has 0 aliphatic carbocycles. The fourth-order valence-corrected chi connectivity index (χ4v) is 4.39. The van der Waals surface area contributed by atoms with Gasteiger partial charge < -0.3 is 15.0 Å². The number of hydrogen-bond donors (Lipinski definition) is 1. The van der Waals surface area contributed by atoms with Crippen molar-refractivity contribution >= 4 is 23.4 Å². The van der Waals surface area contributed by atoms with Crippen molar-refractivity contribution in [3.63, 3.8) is 0 Å². The normalized spacial score (nSPS) is 11.4. The minimum absolute atomic E-state index is 0.128. The first-order chi connectivity index (χ1) is 18.5. The maximum Gasteiger partial charge on any atom is 0.243 e. The second-order valence-corrected chi connectivity index (χ2v) is 9.52. The van der Waals surface area contributed by atoms with Crippen molar-refractivity contribution in [1.29, 1.82) is 0 Å². The van der Waals surface area contributed by atoms with Gasteiger partial charge in [-0.15, -0.1) is 0 Å². The van der Waals surface area contributed by atoms with Crippen LogP contribution in [0.1, 0.15) is 22.3 Å². The second-order valence-electron chi connectivity index (χ2n) is 9.08. The van der Waals surface area contributed by atoms with Gasteiger partial charge in [-0.25, -0.2) is 0 Å². The third kappa shape index (κ3) is 7.70. The number of nitrogens with zero attached hydrogens (tertiary/aromatic N) is 1. The highest BCUT2D eigenvalue weighted by Crippen LogP contribution is 2.18. The molecule has 0 saturated heterocycles. The first kappa shape index (κ1) is 27.0. The predicted molar refractivity (Wildman–Crippen MR) is 151 cm³/mol. The molecule has 0 aromatic heterocycles. The number of ether oxygens (including phenoxy) is 1. The number of hydrogen-bond acceptors (Lipinski definition) is 3. The van der Waals surface area contributed by atoms with E-state index in [1.165, 1.54) is 0 Å². The van der Waals surface area contributed by atoms with Crippen LogP contribution in [0.2, 0.25) is 5.02 Å². The van der Waals surface area contributed by atoms with E-state index in [1.54, 1.807) is 24.1 Å². The van der Waals surface area contributed by atoms with Gasteiger partial charge in [-0.05, 0) is 46.5 Å². The van der Waals surface area contributed by atoms with Gasteiger partial charge in [0.2, 0.25) is 11.8 Å². The summed E-state index contributed by atoms with van der Waals surface area (Å²) in [6.07, 6.45) is 0.565. The van der Waals surface area contributed by atoms with Gasteiger partial charge in [0.1, 0.15) is 11.8 Å². The Morgan fingerprint density at radius 2 is 1.34 bits per heavy atom. The zero-order valence-electron chi connectivity index (χ0n) is 21.3. The maximum atomic E-state index is 13.8. The van der Waals surface area contributed by atoms with Gasteiger partial charge in [-0.1, -0.05) is 96.5 Å². The molecule has 0 saturated carbocycles. The largest absolute Gasteiger partial charge is 0.497 e. The Hall–Kier alpha value is -4.09. The highest BCUT2D eigenvalue weighted by molar-refractivity contribution is 6.30. The maximum absolute atomic E-state index is 13.8. The van der Waals surface area contributed by atoms with Crippen LogP contribution >= 0.6 is 11.6 Å². The van der Waals surface area contributed by atoms with E-state index in [9.17, 15) is 9.59 Å². The van der Waals surface area contributed by atoms with Crippen LogP contribution < -0.4 is 10.1 Å². The molecule has 6 heteroatoms. The minimum Gasteiger partial charge on any atom is -0.497 e. The summed E-state index contributed by atoms with van der Waals surface area (Å²) in [6, 6.07) is 33.6. The van der Waals surface area contributed by atoms with Crippen molar-refractivity contribution in [3.8, 4) is 5.75 Å². The lowest BCUT2D eigenvalue weighted by Crippen LogP contribution is -2.50. The van der Waals surface area contributed by atoms with Crippen molar-refractivity contribution in [2.24, 2.45) is 0 Å². The van der Waals surface area contributed by atoms with Gasteiger partial charge >= 0.3 is 0 Å². The quantitative estimate of drug-likeness (QED) is 0.267. The van der Waals surface area contributed by atoms with E-state index < -0.39 is 6.04 Å². The van der Waals surface area contributed by atoms with Crippen molar-refractivity contribution < 1.29 is 14.3 Å². The molecule has 0 heterocycles. The fourth-order valence-electron chi connectivity index (χ4n) is 4.26. The zero-order chi connectivity index (χ0) is 26.7. The van der Waals surface area contributed by atoms with Crippen molar-refractivity contribution in [2.75, 3.05) is 7.11 Å². The number of rotatable bonds is 11. The number of carbonyl (C=O) groups is 2. The Morgan fingerprint density at radius 3 is 1.95 bits per heavy atom. The average Bonchev–Trinajstić information content (AvgIpc) is 2.96. The van der Waals surface area contributed by atoms with Gasteiger partial charge in [0.25, 0.3) is 0 Å². The Balaban J connectivity index is 1.61. The number of methoxy groups -OCH3 is 1. The van der Waals surface area contributed by atoms with E-state index >= 15 is 0 Å². The van der Waals surface area contributed by atoms with Crippen LogP contribution in [-0.4, -0.2) is 29.9 Å². The standard InChI is InChI=1S/C32H31ClN2O3/c1-38-29-18-14-26(15-19-29)22-34-32(37)30(20-24-8-4-2-5-9-24)35(23-27-10-6-3-7-11-27)31(36)21-25-12-16-28(33)17-13-25/h2-19,30H,20-23H2,1H3,(H,34,37)/t30-/m1/s1. The number of nitrogens with one attached hydrogen (secondary N) is 1. The first-order valence-electron chi connectivity index (χ1n) is 12.5. The Bertz CT molecular complexity index is 1310. The van der Waals surface area contributed by atoms with Gasteiger partial charge in [0.15, 0.2) is 0 Å². The Kier molecular flexibility index (Phi) is 9.54. The predicted octanol–water partition coefficient (Wildman–Crippen LogP) is 5.85. The molecule has 4 aromatic rings. The molecule has 0 aliphatic heterocycles. The van der Waals surface area contributed by atoms with Crippen LogP contribution in [0.5, 0.6) is 5.75 Å². The number of halogens is 1. The highest BCUT2D eigenvalue weighted by atomic mass is 35.5. The van der Waals surface area contributed by atoms with E-state index in [2.05, 4.69) is 5.32 Å². The summed E-state index contributed by atoms with van der Waals surface area (Å²) in [5.74, 6) is 0.422. The van der Waals surface area contributed by atoms with Crippen molar-refractivity contribution in [1.82, 2.24) is 10.2 Å². The molecule has 4 aromatic carbocycles. The number of carbonyl (C=O) groups excluding carboxylic acids is 2. The molecule has 0 bridgehead atoms. The molecule has 194 valence electrons. The van der Waals surface area contributed by atoms with E-state index in [0.29, 0.717) is 24.5 Å². The summed E-state index contributed by atoms with van der Waals surface area (Å²) in [7, 11) is 1.62. The van der Waals surface area contributed by atoms with E-state index in [1.807, 2.05) is 97.1 Å². The van der Waals surface area contributed by atoms with Crippen molar-refractivity contribution in [3.05, 3.63) is 136 Å². The summed E-state index contributed by atoms with van der Waals surface area (Å²) in [6.45, 7) is 0.666. The average molecular weight is 527 g/mol. The molecule has 0 unspecified atom stereocenters. The van der Waals surface area contributed by atoms with Crippen LogP contribution in [0, 0.1) is 0 Å². The lowest BCUT2D eigenvalue weighted by Gasteiger charge is -2.31. The lowest BCUT2D eigenvalue weighted by molar-refractivity contribution is -0.140. The summed E-state index contributed by atoms with van der Waals surface area (Å²) >= 11 is 6.05. The van der Waals surface area contributed by atoms with Crippen molar-refractivity contribution in [2.45, 2.75) is 32.0 Å². The minimum atomic E-state index is -0.698. The van der Waals surface area contributed by atoms with Crippen LogP contribution in [0.3, 0.4) is 0 Å². The van der Waals surface area contributed by atoms with Crippen LogP contribution in [-0.2, 0) is 35.5 Å². The van der Waals surface area contributed by atoms with Gasteiger partial charge in [-0.2, -0.15) is 0 Å². The van der Waals surface area contributed by atoms with E-state index in [4.69, 9.17) is 16.3 Å². The number of amides is 2. The van der Waals surface area contributed by atoms with Crippen LogP contribution in [0.15, 0.2) is 109 Å². The number of benzene rings is 4. The summed E-state index contributed by atoms with van der Waals surface area (Å²) in [4.78, 5) is 29.2. The van der Waals surface area contributed by atoms with E-state index in [0.717, 1.165) is 28.0 Å². The molecule has 38 heavy (non-hydrogen) atoms. The monoisotopic (exact) mass is 526 g/mol. The SMILES string of the molecule is COc1ccc(CNC(=O)[C@@H](Cc2ccccc2)N(Cc2ccccc2)C(=O)Cc2ccc(Cl)cc2)cc1. The van der Waals surface area contributed by atoms with Gasteiger partial charge in [0, 0.05) is 24.5 Å². The lowest BCUT2D eigenvalue weighted by atomic mass is 10.0. The highest BCUT2D eigenvalue weighted by Gasteiger charge is 2.30. The van der Waals surface area contributed by atoms with E-state index in [-0.39, 0.29) is 18.2 Å². The summed E-state index contributed by atoms with van der Waals surface area (Å²) < 4.78 is 5.23. The zero-order valence-corrected chi connectivity index (χ0v) is 22.1. The molecular weight excluding hydrogens is 496 g/mol. The molecule has 0 radical (unpaired) electrons. The smallest absolute Gasteiger partial charge is 0.243 e. The molecule has 1 N–H and O–H groups in total. The summed E-state index contributed by atoms with van der Waals surface area (Å²) in [5, 5.41) is 3.67. The topological polar surface area (TPSA) is 58.6 Å². The molecular formula is C32H31ClN2O3. The van der Waals surface area contributed by atoms with Gasteiger partial charge in [-0.3, -0.25) is 9.59 Å². The molecule has 4 rings (SSSR count). The molecule has 2 amide bonds.